The first-order chi connectivity index (χ1) is 7.79. The first-order valence-electron chi connectivity index (χ1n) is 6.04. The molecule has 16 heavy (non-hydrogen) atoms. The lowest BCUT2D eigenvalue weighted by atomic mass is 9.97. The summed E-state index contributed by atoms with van der Waals surface area (Å²) in [5, 5.41) is 12.3. The molecule has 0 aromatic rings. The second-order valence-electron chi connectivity index (χ2n) is 4.27. The Morgan fingerprint density at radius 3 is 2.50 bits per heavy atom. The smallest absolute Gasteiger partial charge is 0.132 e. The second kappa shape index (κ2) is 6.85. The Morgan fingerprint density at radius 2 is 2.00 bits per heavy atom. The maximum Gasteiger partial charge on any atom is 0.132 e. The molecule has 0 radical (unpaired) electrons. The molecule has 4 nitrogen and oxygen atoms in total. The third kappa shape index (κ3) is 3.75. The maximum absolute atomic E-state index is 9.20. The van der Waals surface area contributed by atoms with Crippen molar-refractivity contribution in [2.45, 2.75) is 31.7 Å². The lowest BCUT2D eigenvalue weighted by molar-refractivity contribution is 0.0271. The highest BCUT2D eigenvalue weighted by molar-refractivity contribution is 5.14. The van der Waals surface area contributed by atoms with Crippen molar-refractivity contribution >= 4 is 0 Å². The van der Waals surface area contributed by atoms with Crippen LogP contribution >= 0.6 is 0 Å². The number of likely N-dealkylation sites (N-methyl/N-ethyl adjacent to an activating group) is 1. The van der Waals surface area contributed by atoms with Crippen LogP contribution in [0, 0.1) is 17.2 Å². The molecule has 1 atom stereocenters. The molecule has 1 rings (SSSR count). The van der Waals surface area contributed by atoms with Gasteiger partial charge in [-0.05, 0) is 32.2 Å². The zero-order valence-electron chi connectivity index (χ0n) is 10.3. The molecule has 0 bridgehead atoms. The van der Waals surface area contributed by atoms with E-state index in [4.69, 9.17) is 9.47 Å². The minimum Gasteiger partial charge on any atom is -0.379 e. The van der Waals surface area contributed by atoms with E-state index >= 15 is 0 Å². The molecule has 0 aromatic heterocycles. The van der Waals surface area contributed by atoms with Gasteiger partial charge in [-0.15, -0.1) is 0 Å². The summed E-state index contributed by atoms with van der Waals surface area (Å²) in [5.41, 5.74) is -0.481. The highest BCUT2D eigenvalue weighted by Crippen LogP contribution is 2.39. The van der Waals surface area contributed by atoms with Crippen LogP contribution in [0.5, 0.6) is 0 Å². The molecule has 1 unspecified atom stereocenters. The van der Waals surface area contributed by atoms with Crippen LogP contribution in [0.4, 0.5) is 0 Å². The molecule has 0 spiro atoms. The first-order valence-corrected chi connectivity index (χ1v) is 6.04. The molecule has 1 N–H and O–H groups in total. The molecular weight excluding hydrogens is 204 g/mol. The number of nitriles is 1. The summed E-state index contributed by atoms with van der Waals surface area (Å²) in [6.45, 7) is 4.50. The van der Waals surface area contributed by atoms with Crippen molar-refractivity contribution in [1.82, 2.24) is 5.32 Å². The average Bonchev–Trinajstić information content (AvgIpc) is 3.14. The fourth-order valence-corrected chi connectivity index (χ4v) is 1.75. The Kier molecular flexibility index (Phi) is 5.75. The topological polar surface area (TPSA) is 54.3 Å². The fourth-order valence-electron chi connectivity index (χ4n) is 1.75. The van der Waals surface area contributed by atoms with Gasteiger partial charge < -0.3 is 14.8 Å². The number of hydrogen-bond donors (Lipinski definition) is 1. The summed E-state index contributed by atoms with van der Waals surface area (Å²) in [6, 6.07) is 2.35. The van der Waals surface area contributed by atoms with E-state index in [-0.39, 0.29) is 0 Å². The molecule has 1 saturated carbocycles. The van der Waals surface area contributed by atoms with Crippen LogP contribution in [0.3, 0.4) is 0 Å². The van der Waals surface area contributed by atoms with Gasteiger partial charge in [-0.1, -0.05) is 6.92 Å². The van der Waals surface area contributed by atoms with E-state index in [1.54, 1.807) is 0 Å². The first kappa shape index (κ1) is 13.4. The summed E-state index contributed by atoms with van der Waals surface area (Å²) < 4.78 is 10.8. The van der Waals surface area contributed by atoms with Crippen molar-refractivity contribution in [2.24, 2.45) is 5.92 Å². The number of nitrogens with one attached hydrogen (secondary N) is 1. The Labute approximate surface area is 97.9 Å². The predicted octanol–water partition coefficient (Wildman–Crippen LogP) is 1.32. The molecule has 4 heteroatoms. The van der Waals surface area contributed by atoms with E-state index in [0.29, 0.717) is 25.7 Å². The molecule has 1 aliphatic carbocycles. The van der Waals surface area contributed by atoms with Crippen LogP contribution in [-0.4, -0.2) is 39.0 Å². The standard InChI is InChI=1S/C12H22N2O2/c1-3-6-15-7-8-16-10-12(9-13,14-2)11-4-5-11/h11,14H,3-8,10H2,1-2H3. The van der Waals surface area contributed by atoms with Gasteiger partial charge in [0.25, 0.3) is 0 Å². The van der Waals surface area contributed by atoms with Crippen LogP contribution < -0.4 is 5.32 Å². The molecule has 1 aliphatic rings. The summed E-state index contributed by atoms with van der Waals surface area (Å²) in [5.74, 6) is 0.457. The molecule has 0 saturated heterocycles. The van der Waals surface area contributed by atoms with E-state index in [0.717, 1.165) is 25.9 Å². The van der Waals surface area contributed by atoms with Gasteiger partial charge in [0.2, 0.25) is 0 Å². The zero-order valence-corrected chi connectivity index (χ0v) is 10.3. The van der Waals surface area contributed by atoms with Gasteiger partial charge in [-0.25, -0.2) is 0 Å². The maximum atomic E-state index is 9.20. The molecular formula is C12H22N2O2. The van der Waals surface area contributed by atoms with Crippen molar-refractivity contribution in [3.63, 3.8) is 0 Å². The van der Waals surface area contributed by atoms with Gasteiger partial charge in [0, 0.05) is 6.61 Å². The zero-order chi connectivity index (χ0) is 11.9. The number of nitrogens with zero attached hydrogens (tertiary/aromatic N) is 1. The fraction of sp³-hybridized carbons (Fsp3) is 0.917. The summed E-state index contributed by atoms with van der Waals surface area (Å²) >= 11 is 0. The lowest BCUT2D eigenvalue weighted by Crippen LogP contribution is -2.48. The van der Waals surface area contributed by atoms with Gasteiger partial charge in [0.05, 0.1) is 25.9 Å². The van der Waals surface area contributed by atoms with Gasteiger partial charge in [-0.3, -0.25) is 0 Å². The van der Waals surface area contributed by atoms with Crippen LogP contribution in [0.2, 0.25) is 0 Å². The Balaban J connectivity index is 2.16. The monoisotopic (exact) mass is 226 g/mol. The third-order valence-electron chi connectivity index (χ3n) is 2.97. The normalized spacial score (nSPS) is 19.1. The van der Waals surface area contributed by atoms with Crippen LogP contribution in [0.25, 0.3) is 0 Å². The van der Waals surface area contributed by atoms with Crippen molar-refractivity contribution in [3.05, 3.63) is 0 Å². The molecule has 1 fully saturated rings. The van der Waals surface area contributed by atoms with Crippen molar-refractivity contribution < 1.29 is 9.47 Å². The van der Waals surface area contributed by atoms with E-state index in [9.17, 15) is 5.26 Å². The van der Waals surface area contributed by atoms with Crippen molar-refractivity contribution in [1.29, 1.82) is 5.26 Å². The molecule has 92 valence electrons. The highest BCUT2D eigenvalue weighted by Gasteiger charge is 2.44. The third-order valence-corrected chi connectivity index (χ3v) is 2.97. The van der Waals surface area contributed by atoms with E-state index in [1.165, 1.54) is 0 Å². The van der Waals surface area contributed by atoms with Gasteiger partial charge >= 0.3 is 0 Å². The lowest BCUT2D eigenvalue weighted by Gasteiger charge is -2.25. The molecule has 0 aromatic carbocycles. The number of hydrogen-bond acceptors (Lipinski definition) is 4. The highest BCUT2D eigenvalue weighted by atomic mass is 16.5. The Hall–Kier alpha value is -0.630. The van der Waals surface area contributed by atoms with E-state index in [1.807, 2.05) is 7.05 Å². The largest absolute Gasteiger partial charge is 0.379 e. The van der Waals surface area contributed by atoms with Gasteiger partial charge in [0.15, 0.2) is 0 Å². The Morgan fingerprint density at radius 1 is 1.31 bits per heavy atom. The minimum atomic E-state index is -0.481. The Bertz CT molecular complexity index is 236. The number of rotatable bonds is 9. The van der Waals surface area contributed by atoms with E-state index < -0.39 is 5.54 Å². The average molecular weight is 226 g/mol. The van der Waals surface area contributed by atoms with Gasteiger partial charge in [-0.2, -0.15) is 5.26 Å². The second-order valence-corrected chi connectivity index (χ2v) is 4.27. The summed E-state index contributed by atoms with van der Waals surface area (Å²) in [7, 11) is 1.83. The molecule has 0 heterocycles. The van der Waals surface area contributed by atoms with Crippen molar-refractivity contribution in [3.8, 4) is 6.07 Å². The minimum absolute atomic E-state index is 0.457. The summed E-state index contributed by atoms with van der Waals surface area (Å²) in [6.07, 6.45) is 3.29. The van der Waals surface area contributed by atoms with Crippen molar-refractivity contribution in [2.75, 3.05) is 33.5 Å². The van der Waals surface area contributed by atoms with Crippen LogP contribution in [-0.2, 0) is 9.47 Å². The van der Waals surface area contributed by atoms with E-state index in [2.05, 4.69) is 18.3 Å². The SMILES string of the molecule is CCCOCCOCC(C#N)(NC)C1CC1. The molecule has 0 amide bonds. The quantitative estimate of drug-likeness (QED) is 0.602. The van der Waals surface area contributed by atoms with Gasteiger partial charge in [0.1, 0.15) is 5.54 Å². The predicted molar refractivity (Wildman–Crippen MR) is 62.1 cm³/mol. The van der Waals surface area contributed by atoms with Crippen LogP contribution in [0.15, 0.2) is 0 Å². The summed E-state index contributed by atoms with van der Waals surface area (Å²) in [4.78, 5) is 0. The number of ether oxygens (including phenoxy) is 2. The molecule has 0 aliphatic heterocycles. The van der Waals surface area contributed by atoms with Crippen LogP contribution in [0.1, 0.15) is 26.2 Å².